The van der Waals surface area contributed by atoms with Crippen molar-refractivity contribution in [3.63, 3.8) is 0 Å². The summed E-state index contributed by atoms with van der Waals surface area (Å²) in [6.45, 7) is 13.4. The molecule has 4 heteroatoms. The van der Waals surface area contributed by atoms with Crippen molar-refractivity contribution in [3.05, 3.63) is 16.9 Å². The van der Waals surface area contributed by atoms with Crippen LogP contribution >= 0.6 is 11.6 Å². The van der Waals surface area contributed by atoms with E-state index in [2.05, 4.69) is 52.0 Å². The maximum Gasteiger partial charge on any atom is 0.0834 e. The molecule has 0 bridgehead atoms. The zero-order chi connectivity index (χ0) is 14.8. The van der Waals surface area contributed by atoms with Gasteiger partial charge < -0.3 is 5.32 Å². The number of aromatic nitrogens is 2. The summed E-state index contributed by atoms with van der Waals surface area (Å²) in [4.78, 5) is 0. The number of nitrogens with one attached hydrogen (secondary N) is 1. The van der Waals surface area contributed by atoms with Gasteiger partial charge in [0.2, 0.25) is 0 Å². The van der Waals surface area contributed by atoms with E-state index >= 15 is 0 Å². The molecule has 1 aromatic heterocycles. The van der Waals surface area contributed by atoms with Crippen molar-refractivity contribution in [2.75, 3.05) is 7.05 Å². The molecule has 0 saturated carbocycles. The van der Waals surface area contributed by atoms with Crippen LogP contribution in [0.15, 0.2) is 6.20 Å². The summed E-state index contributed by atoms with van der Waals surface area (Å²) in [5, 5.41) is 8.56. The standard InChI is InChI=1S/C15H28ClN3/c1-10(2)19-14(12(16)9-18-19)13(17-7)8-11(3)15(4,5)6/h9-11,13,17H,8H2,1-7H3. The van der Waals surface area contributed by atoms with Crippen LogP contribution in [0.3, 0.4) is 0 Å². The molecule has 1 aromatic rings. The Morgan fingerprint density at radius 1 is 1.32 bits per heavy atom. The van der Waals surface area contributed by atoms with Crippen LogP contribution in [0.2, 0.25) is 5.02 Å². The Hall–Kier alpha value is -0.540. The predicted octanol–water partition coefficient (Wildman–Crippen LogP) is 4.45. The van der Waals surface area contributed by atoms with Crippen LogP contribution in [0.4, 0.5) is 0 Å². The predicted molar refractivity (Wildman–Crippen MR) is 82.7 cm³/mol. The highest BCUT2D eigenvalue weighted by atomic mass is 35.5. The summed E-state index contributed by atoms with van der Waals surface area (Å²) in [6.07, 6.45) is 2.81. The first kappa shape index (κ1) is 16.5. The molecule has 2 unspecified atom stereocenters. The zero-order valence-electron chi connectivity index (χ0n) is 13.3. The van der Waals surface area contributed by atoms with Crippen LogP contribution in [-0.2, 0) is 0 Å². The lowest BCUT2D eigenvalue weighted by molar-refractivity contribution is 0.222. The van der Waals surface area contributed by atoms with Crippen molar-refractivity contribution in [3.8, 4) is 0 Å². The van der Waals surface area contributed by atoms with E-state index in [1.165, 1.54) is 0 Å². The summed E-state index contributed by atoms with van der Waals surface area (Å²) in [5.41, 5.74) is 1.40. The second-order valence-electron chi connectivity index (χ2n) is 6.76. The highest BCUT2D eigenvalue weighted by molar-refractivity contribution is 6.31. The van der Waals surface area contributed by atoms with Gasteiger partial charge in [0.15, 0.2) is 0 Å². The Labute approximate surface area is 122 Å². The average molecular weight is 286 g/mol. The van der Waals surface area contributed by atoms with Crippen LogP contribution < -0.4 is 5.32 Å². The Kier molecular flexibility index (Phi) is 5.45. The number of nitrogens with zero attached hydrogens (tertiary/aromatic N) is 2. The largest absolute Gasteiger partial charge is 0.312 e. The van der Waals surface area contributed by atoms with Gasteiger partial charge in [-0.25, -0.2) is 0 Å². The van der Waals surface area contributed by atoms with Crippen LogP contribution in [-0.4, -0.2) is 16.8 Å². The first-order valence-corrected chi connectivity index (χ1v) is 7.46. The Balaban J connectivity index is 3.01. The van der Waals surface area contributed by atoms with Gasteiger partial charge in [0, 0.05) is 6.04 Å². The molecule has 3 nitrogen and oxygen atoms in total. The quantitative estimate of drug-likeness (QED) is 0.866. The number of hydrogen-bond acceptors (Lipinski definition) is 2. The number of hydrogen-bond donors (Lipinski definition) is 1. The first-order chi connectivity index (χ1) is 8.68. The van der Waals surface area contributed by atoms with Crippen molar-refractivity contribution in [2.24, 2.45) is 11.3 Å². The van der Waals surface area contributed by atoms with Gasteiger partial charge in [-0.2, -0.15) is 5.10 Å². The van der Waals surface area contributed by atoms with Gasteiger partial charge in [-0.05, 0) is 38.6 Å². The molecule has 0 aliphatic rings. The van der Waals surface area contributed by atoms with Gasteiger partial charge >= 0.3 is 0 Å². The van der Waals surface area contributed by atoms with E-state index < -0.39 is 0 Å². The van der Waals surface area contributed by atoms with Crippen LogP contribution in [0.1, 0.15) is 65.7 Å². The SMILES string of the molecule is CNC(CC(C)C(C)(C)C)c1c(Cl)cnn1C(C)C. The molecular formula is C15H28ClN3. The Bertz CT molecular complexity index is 404. The lowest BCUT2D eigenvalue weighted by Gasteiger charge is -2.31. The topological polar surface area (TPSA) is 29.9 Å². The number of rotatable bonds is 5. The monoisotopic (exact) mass is 285 g/mol. The number of halogens is 1. The third kappa shape index (κ3) is 3.96. The van der Waals surface area contributed by atoms with E-state index in [1.54, 1.807) is 6.20 Å². The molecule has 19 heavy (non-hydrogen) atoms. The van der Waals surface area contributed by atoms with Crippen LogP contribution in [0, 0.1) is 11.3 Å². The second kappa shape index (κ2) is 6.27. The molecule has 0 aromatic carbocycles. The zero-order valence-corrected chi connectivity index (χ0v) is 14.0. The van der Waals surface area contributed by atoms with Gasteiger partial charge in [-0.1, -0.05) is 39.3 Å². The van der Waals surface area contributed by atoms with Crippen molar-refractivity contribution < 1.29 is 0 Å². The molecule has 0 saturated heterocycles. The molecule has 2 atom stereocenters. The summed E-state index contributed by atoms with van der Waals surface area (Å²) < 4.78 is 2.03. The maximum atomic E-state index is 6.34. The van der Waals surface area contributed by atoms with Crippen molar-refractivity contribution in [1.29, 1.82) is 0 Å². The fraction of sp³-hybridized carbons (Fsp3) is 0.800. The van der Waals surface area contributed by atoms with Gasteiger partial charge in [0.05, 0.1) is 23.0 Å². The molecule has 1 rings (SSSR count). The van der Waals surface area contributed by atoms with Gasteiger partial charge in [0.25, 0.3) is 0 Å². The Morgan fingerprint density at radius 2 is 1.89 bits per heavy atom. The van der Waals surface area contributed by atoms with E-state index in [9.17, 15) is 0 Å². The third-order valence-electron chi connectivity index (χ3n) is 4.02. The van der Waals surface area contributed by atoms with E-state index in [0.29, 0.717) is 17.4 Å². The molecule has 0 aliphatic heterocycles. The molecule has 1 heterocycles. The lowest BCUT2D eigenvalue weighted by Crippen LogP contribution is -2.27. The minimum Gasteiger partial charge on any atom is -0.312 e. The molecule has 1 N–H and O–H groups in total. The molecule has 0 spiro atoms. The van der Waals surface area contributed by atoms with Gasteiger partial charge in [0.1, 0.15) is 0 Å². The summed E-state index contributed by atoms with van der Waals surface area (Å²) in [6, 6.07) is 0.565. The molecule has 0 amide bonds. The second-order valence-corrected chi connectivity index (χ2v) is 7.17. The molecule has 0 fully saturated rings. The fourth-order valence-electron chi connectivity index (χ4n) is 2.16. The van der Waals surface area contributed by atoms with Gasteiger partial charge in [-0.15, -0.1) is 0 Å². The molecular weight excluding hydrogens is 258 g/mol. The third-order valence-corrected chi connectivity index (χ3v) is 4.31. The van der Waals surface area contributed by atoms with Crippen LogP contribution in [0.5, 0.6) is 0 Å². The Morgan fingerprint density at radius 3 is 2.32 bits per heavy atom. The van der Waals surface area contributed by atoms with Gasteiger partial charge in [-0.3, -0.25) is 4.68 Å². The fourth-order valence-corrected chi connectivity index (χ4v) is 2.42. The molecule has 0 radical (unpaired) electrons. The summed E-state index contributed by atoms with van der Waals surface area (Å²) >= 11 is 6.34. The highest BCUT2D eigenvalue weighted by Crippen LogP contribution is 2.35. The van der Waals surface area contributed by atoms with E-state index in [1.807, 2.05) is 11.7 Å². The van der Waals surface area contributed by atoms with Crippen molar-refractivity contribution in [1.82, 2.24) is 15.1 Å². The maximum absolute atomic E-state index is 6.34. The minimum atomic E-state index is 0.242. The highest BCUT2D eigenvalue weighted by Gasteiger charge is 2.27. The smallest absolute Gasteiger partial charge is 0.0834 e. The van der Waals surface area contributed by atoms with E-state index in [-0.39, 0.29) is 6.04 Å². The molecule has 0 aliphatic carbocycles. The lowest BCUT2D eigenvalue weighted by atomic mass is 9.78. The summed E-state index contributed by atoms with van der Waals surface area (Å²) in [7, 11) is 1.99. The van der Waals surface area contributed by atoms with Crippen molar-refractivity contribution in [2.45, 2.75) is 60.0 Å². The average Bonchev–Trinajstić information content (AvgIpc) is 2.66. The normalized spacial score (nSPS) is 15.8. The van der Waals surface area contributed by atoms with E-state index in [0.717, 1.165) is 17.1 Å². The van der Waals surface area contributed by atoms with Crippen LogP contribution in [0.25, 0.3) is 0 Å². The molecule has 110 valence electrons. The van der Waals surface area contributed by atoms with E-state index in [4.69, 9.17) is 11.6 Å². The first-order valence-electron chi connectivity index (χ1n) is 7.08. The van der Waals surface area contributed by atoms with Crippen molar-refractivity contribution >= 4 is 11.6 Å². The minimum absolute atomic E-state index is 0.242. The summed E-state index contributed by atoms with van der Waals surface area (Å²) in [5.74, 6) is 0.594.